The monoisotopic (exact) mass is 298 g/mol. The third-order valence-electron chi connectivity index (χ3n) is 4.26. The summed E-state index contributed by atoms with van der Waals surface area (Å²) < 4.78 is 0. The molecule has 1 aromatic rings. The van der Waals surface area contributed by atoms with Gasteiger partial charge in [0.1, 0.15) is 0 Å². The Labute approximate surface area is 120 Å². The molecule has 110 valence electrons. The second-order valence-electron chi connectivity index (χ2n) is 5.69. The fraction of sp³-hybridized carbons (Fsp3) is 0.692. The quantitative estimate of drug-likeness (QED) is 0.660. The van der Waals surface area contributed by atoms with E-state index in [1.54, 1.807) is 6.92 Å². The Balaban J connectivity index is 1.99. The van der Waals surface area contributed by atoms with E-state index in [1.807, 2.05) is 0 Å². The van der Waals surface area contributed by atoms with Crippen LogP contribution in [0, 0.1) is 10.1 Å². The molecule has 0 amide bonds. The third kappa shape index (κ3) is 2.19. The van der Waals surface area contributed by atoms with Crippen molar-refractivity contribution in [3.63, 3.8) is 0 Å². The second-order valence-corrected chi connectivity index (χ2v) is 6.75. The molecule has 3 atom stereocenters. The van der Waals surface area contributed by atoms with Gasteiger partial charge >= 0.3 is 5.69 Å². The maximum atomic E-state index is 11.3. The molecule has 2 unspecified atom stereocenters. The normalized spacial score (nSPS) is 30.6. The number of rotatable bonds is 3. The van der Waals surface area contributed by atoms with Crippen LogP contribution in [0.2, 0.25) is 0 Å². The van der Waals surface area contributed by atoms with Gasteiger partial charge in [0, 0.05) is 23.0 Å². The van der Waals surface area contributed by atoms with Gasteiger partial charge in [-0.05, 0) is 32.6 Å². The van der Waals surface area contributed by atoms with E-state index >= 15 is 0 Å². The smallest absolute Gasteiger partial charge is 0.304 e. The van der Waals surface area contributed by atoms with Gasteiger partial charge in [0.15, 0.2) is 5.00 Å². The van der Waals surface area contributed by atoms with Crippen molar-refractivity contribution < 1.29 is 15.1 Å². The summed E-state index contributed by atoms with van der Waals surface area (Å²) in [5.74, 6) is 0. The standard InChI is InChI=1S/C13H18N2O4S/c1-7(16)12-6-11(15(18)19)13(20-12)14-8-2-3-9(14)5-10(17)4-8/h6-10,16-17H,2-5H2,1H3/t7-,8?,9?,10?/m0/s1. The number of hydrogen-bond donors (Lipinski definition) is 2. The molecule has 2 aliphatic rings. The van der Waals surface area contributed by atoms with E-state index in [0.29, 0.717) is 22.7 Å². The second kappa shape index (κ2) is 4.98. The van der Waals surface area contributed by atoms with Gasteiger partial charge in [0.2, 0.25) is 0 Å². The summed E-state index contributed by atoms with van der Waals surface area (Å²) in [6, 6.07) is 1.85. The number of aliphatic hydroxyl groups is 2. The minimum atomic E-state index is -0.694. The first-order valence-corrected chi connectivity index (χ1v) is 7.71. The lowest BCUT2D eigenvalue weighted by Crippen LogP contribution is -2.44. The van der Waals surface area contributed by atoms with Gasteiger partial charge in [0.25, 0.3) is 0 Å². The number of piperidine rings is 1. The molecule has 2 saturated heterocycles. The molecule has 20 heavy (non-hydrogen) atoms. The van der Waals surface area contributed by atoms with Gasteiger partial charge in [-0.1, -0.05) is 0 Å². The van der Waals surface area contributed by atoms with Crippen LogP contribution in [0.5, 0.6) is 0 Å². The summed E-state index contributed by atoms with van der Waals surface area (Å²) in [5.41, 5.74) is 0.0826. The van der Waals surface area contributed by atoms with Gasteiger partial charge in [0.05, 0.1) is 17.1 Å². The maximum Gasteiger partial charge on any atom is 0.304 e. The molecule has 0 aliphatic carbocycles. The van der Waals surface area contributed by atoms with Crippen LogP contribution < -0.4 is 4.90 Å². The summed E-state index contributed by atoms with van der Waals surface area (Å²) in [7, 11) is 0. The maximum absolute atomic E-state index is 11.3. The molecule has 2 fully saturated rings. The molecule has 2 bridgehead atoms. The van der Waals surface area contributed by atoms with Crippen LogP contribution in [0.4, 0.5) is 10.7 Å². The molecule has 1 aromatic heterocycles. The van der Waals surface area contributed by atoms with Gasteiger partial charge in [-0.25, -0.2) is 0 Å². The zero-order chi connectivity index (χ0) is 14.4. The molecule has 7 heteroatoms. The molecule has 3 heterocycles. The van der Waals surface area contributed by atoms with Gasteiger partial charge in [-0.15, -0.1) is 11.3 Å². The minimum Gasteiger partial charge on any atom is -0.393 e. The Kier molecular flexibility index (Phi) is 3.43. The van der Waals surface area contributed by atoms with E-state index in [-0.39, 0.29) is 28.8 Å². The van der Waals surface area contributed by atoms with Crippen LogP contribution in [0.25, 0.3) is 0 Å². The number of anilines is 1. The molecule has 6 nitrogen and oxygen atoms in total. The molecule has 0 saturated carbocycles. The average molecular weight is 298 g/mol. The average Bonchev–Trinajstić information content (AvgIpc) is 2.89. The summed E-state index contributed by atoms with van der Waals surface area (Å²) in [6.45, 7) is 1.62. The molecule has 0 spiro atoms. The highest BCUT2D eigenvalue weighted by Crippen LogP contribution is 2.47. The van der Waals surface area contributed by atoms with E-state index in [2.05, 4.69) is 4.90 Å². The molecule has 0 aromatic carbocycles. The fourth-order valence-corrected chi connectivity index (χ4v) is 4.60. The topological polar surface area (TPSA) is 86.8 Å². The SMILES string of the molecule is C[C@H](O)c1cc([N+](=O)[O-])c(N2C3CCC2CC(O)C3)s1. The Morgan fingerprint density at radius 1 is 1.45 bits per heavy atom. The molecule has 0 radical (unpaired) electrons. The predicted molar refractivity (Wildman–Crippen MR) is 76.1 cm³/mol. The lowest BCUT2D eigenvalue weighted by Gasteiger charge is -2.37. The van der Waals surface area contributed by atoms with E-state index in [1.165, 1.54) is 17.4 Å². The van der Waals surface area contributed by atoms with Crippen LogP contribution in [-0.4, -0.2) is 33.3 Å². The van der Waals surface area contributed by atoms with Crippen molar-refractivity contribution in [2.75, 3.05) is 4.90 Å². The Morgan fingerprint density at radius 2 is 2.05 bits per heavy atom. The lowest BCUT2D eigenvalue weighted by molar-refractivity contribution is -0.383. The van der Waals surface area contributed by atoms with Crippen molar-refractivity contribution in [3.05, 3.63) is 21.1 Å². The number of fused-ring (bicyclic) bond motifs is 2. The largest absolute Gasteiger partial charge is 0.393 e. The van der Waals surface area contributed by atoms with Crippen LogP contribution in [0.15, 0.2) is 6.07 Å². The van der Waals surface area contributed by atoms with Crippen molar-refractivity contribution in [1.29, 1.82) is 0 Å². The number of thiophene rings is 1. The molecular weight excluding hydrogens is 280 g/mol. The Hall–Kier alpha value is -1.18. The van der Waals surface area contributed by atoms with E-state index < -0.39 is 6.10 Å². The predicted octanol–water partition coefficient (Wildman–Crippen LogP) is 2.20. The number of nitrogens with zero attached hydrogens (tertiary/aromatic N) is 2. The summed E-state index contributed by atoms with van der Waals surface area (Å²) in [6.07, 6.45) is 2.31. The van der Waals surface area contributed by atoms with E-state index in [0.717, 1.165) is 12.8 Å². The molecule has 2 N–H and O–H groups in total. The summed E-state index contributed by atoms with van der Waals surface area (Å²) >= 11 is 1.30. The van der Waals surface area contributed by atoms with Gasteiger partial charge in [-0.2, -0.15) is 0 Å². The van der Waals surface area contributed by atoms with Crippen LogP contribution in [-0.2, 0) is 0 Å². The number of hydrogen-bond acceptors (Lipinski definition) is 6. The van der Waals surface area contributed by atoms with Crippen molar-refractivity contribution in [2.45, 2.75) is 56.9 Å². The van der Waals surface area contributed by atoms with Crippen LogP contribution in [0.1, 0.15) is 43.6 Å². The highest BCUT2D eigenvalue weighted by atomic mass is 32.1. The first-order chi connectivity index (χ1) is 9.47. The summed E-state index contributed by atoms with van der Waals surface area (Å²) in [4.78, 5) is 13.6. The highest BCUT2D eigenvalue weighted by molar-refractivity contribution is 7.16. The Morgan fingerprint density at radius 3 is 2.55 bits per heavy atom. The fourth-order valence-electron chi connectivity index (χ4n) is 3.39. The first kappa shape index (κ1) is 13.8. The van der Waals surface area contributed by atoms with Crippen LogP contribution >= 0.6 is 11.3 Å². The highest BCUT2D eigenvalue weighted by Gasteiger charge is 2.43. The number of nitro groups is 1. The number of aliphatic hydroxyl groups excluding tert-OH is 2. The zero-order valence-corrected chi connectivity index (χ0v) is 12.0. The van der Waals surface area contributed by atoms with Crippen LogP contribution in [0.3, 0.4) is 0 Å². The van der Waals surface area contributed by atoms with Crippen molar-refractivity contribution in [1.82, 2.24) is 0 Å². The third-order valence-corrected chi connectivity index (χ3v) is 5.57. The van der Waals surface area contributed by atoms with Gasteiger partial charge in [-0.3, -0.25) is 10.1 Å². The van der Waals surface area contributed by atoms with E-state index in [4.69, 9.17) is 0 Å². The molecular formula is C13H18N2O4S. The first-order valence-electron chi connectivity index (χ1n) is 6.90. The molecule has 2 aliphatic heterocycles. The Bertz CT molecular complexity index is 516. The van der Waals surface area contributed by atoms with Crippen molar-refractivity contribution in [3.8, 4) is 0 Å². The van der Waals surface area contributed by atoms with Crippen molar-refractivity contribution in [2.24, 2.45) is 0 Å². The zero-order valence-electron chi connectivity index (χ0n) is 11.2. The summed E-state index contributed by atoms with van der Waals surface area (Å²) in [5, 5.41) is 31.4. The minimum absolute atomic E-state index is 0.0826. The van der Waals surface area contributed by atoms with Gasteiger partial charge < -0.3 is 15.1 Å². The van der Waals surface area contributed by atoms with E-state index in [9.17, 15) is 20.3 Å². The molecule has 3 rings (SSSR count). The lowest BCUT2D eigenvalue weighted by atomic mass is 10.0. The van der Waals surface area contributed by atoms with Crippen molar-refractivity contribution >= 4 is 22.0 Å².